The van der Waals surface area contributed by atoms with Gasteiger partial charge in [-0.3, -0.25) is 9.59 Å². The van der Waals surface area contributed by atoms with E-state index in [0.29, 0.717) is 25.7 Å². The first-order chi connectivity index (χ1) is 27.6. The molecule has 0 N–H and O–H groups in total. The lowest BCUT2D eigenvalue weighted by Crippen LogP contribution is -1.85. The number of hydrogen-bond acceptors (Lipinski definition) is 2. The number of rotatable bonds is 0. The zero-order valence-corrected chi connectivity index (χ0v) is 31.1. The molecule has 0 aliphatic heterocycles. The van der Waals surface area contributed by atoms with Crippen molar-refractivity contribution in [2.45, 2.75) is 25.7 Å². The van der Waals surface area contributed by atoms with Crippen LogP contribution in [0.5, 0.6) is 0 Å². The molecule has 2 nitrogen and oxygen atoms in total. The summed E-state index contributed by atoms with van der Waals surface area (Å²) in [7, 11) is 0. The molecule has 0 fully saturated rings. The first kappa shape index (κ1) is 39.6. The lowest BCUT2D eigenvalue weighted by Gasteiger charge is -1.99. The van der Waals surface area contributed by atoms with Crippen LogP contribution in [-0.2, 0) is 9.59 Å². The van der Waals surface area contributed by atoms with Gasteiger partial charge in [-0.25, -0.2) is 0 Å². The van der Waals surface area contributed by atoms with Gasteiger partial charge in [0.2, 0.25) is 0 Å². The standard InChI is InChI=1S/C54H40O2/c55-53-37-17-13-33-49-29-9-5-25-45(41-49)21-1-2-22-46-26-6-10-30-50(42-46)34-14-18-38-54(56)40-20-16-36-52-32-12-8-28-48(44-52)24-4-3-23-47-27-7-11-31-51(43-47)35-15-19-39-53/h5-20,25-40H,41-44H2/b33-13+,34-14+,35-15+,36-16+,37-17+,38-18+,39-19+,40-20+. The van der Waals surface area contributed by atoms with Crippen LogP contribution in [0.3, 0.4) is 0 Å². The zero-order valence-electron chi connectivity index (χ0n) is 31.1. The third kappa shape index (κ3) is 15.5. The van der Waals surface area contributed by atoms with Crippen LogP contribution in [0.4, 0.5) is 0 Å². The van der Waals surface area contributed by atoms with Crippen molar-refractivity contribution < 1.29 is 9.59 Å². The van der Waals surface area contributed by atoms with E-state index < -0.39 is 0 Å². The highest BCUT2D eigenvalue weighted by Crippen LogP contribution is 2.19. The summed E-state index contributed by atoms with van der Waals surface area (Å²) in [6.07, 6.45) is 63.1. The fourth-order valence-electron chi connectivity index (χ4n) is 5.43. The molecule has 5 aliphatic carbocycles. The highest BCUT2D eigenvalue weighted by molar-refractivity contribution is 6.00. The molecule has 0 amide bonds. The summed E-state index contributed by atoms with van der Waals surface area (Å²) < 4.78 is 0. The number of carbonyl (C=O) groups excluding carboxylic acids is 2. The molecule has 0 spiro atoms. The number of fused-ring (bicyclic) bond motifs is 8. The predicted molar refractivity (Wildman–Crippen MR) is 234 cm³/mol. The van der Waals surface area contributed by atoms with Crippen molar-refractivity contribution >= 4 is 11.6 Å². The Morgan fingerprint density at radius 3 is 0.732 bits per heavy atom. The van der Waals surface area contributed by atoms with Gasteiger partial charge in [-0.05, 0) is 70.3 Å². The summed E-state index contributed by atoms with van der Waals surface area (Å²) in [4.78, 5) is 24.9. The highest BCUT2D eigenvalue weighted by Gasteiger charge is 2.02. The van der Waals surface area contributed by atoms with Gasteiger partial charge in [0.1, 0.15) is 0 Å². The van der Waals surface area contributed by atoms with Gasteiger partial charge in [-0.15, -0.1) is 0 Å². The molecule has 2 heteroatoms. The van der Waals surface area contributed by atoms with Crippen LogP contribution < -0.4 is 0 Å². The third-order valence-corrected chi connectivity index (χ3v) is 8.20. The smallest absolute Gasteiger partial charge is 0.178 e. The second-order valence-electron chi connectivity index (χ2n) is 12.7. The molecule has 0 aromatic heterocycles. The van der Waals surface area contributed by atoms with Gasteiger partial charge in [-0.2, -0.15) is 0 Å². The Morgan fingerprint density at radius 1 is 0.268 bits per heavy atom. The van der Waals surface area contributed by atoms with Gasteiger partial charge in [-0.1, -0.05) is 194 Å². The average Bonchev–Trinajstić information content (AvgIpc) is 3.76. The number of allylic oxidation sites excluding steroid dienone is 40. The van der Waals surface area contributed by atoms with Crippen LogP contribution in [0.1, 0.15) is 25.7 Å². The molecule has 8 bridgehead atoms. The summed E-state index contributed by atoms with van der Waals surface area (Å²) in [6, 6.07) is 0. The Kier molecular flexibility index (Phi) is 16.4. The first-order valence-corrected chi connectivity index (χ1v) is 18.4. The molecular weight excluding hydrogens is 681 g/mol. The van der Waals surface area contributed by atoms with E-state index >= 15 is 0 Å². The van der Waals surface area contributed by atoms with Gasteiger partial charge < -0.3 is 0 Å². The first-order valence-electron chi connectivity index (χ1n) is 18.4. The van der Waals surface area contributed by atoms with E-state index in [9.17, 15) is 9.59 Å². The van der Waals surface area contributed by atoms with Gasteiger partial charge in [0.15, 0.2) is 11.6 Å². The number of hydrogen-bond donors (Lipinski definition) is 0. The van der Waals surface area contributed by atoms with Crippen LogP contribution in [0.25, 0.3) is 0 Å². The topological polar surface area (TPSA) is 34.1 Å². The Morgan fingerprint density at radius 2 is 0.482 bits per heavy atom. The maximum Gasteiger partial charge on any atom is 0.178 e. The van der Waals surface area contributed by atoms with Gasteiger partial charge in [0.05, 0.1) is 0 Å². The maximum atomic E-state index is 12.5. The summed E-state index contributed by atoms with van der Waals surface area (Å²) in [6.45, 7) is 0. The second-order valence-corrected chi connectivity index (χ2v) is 12.7. The molecule has 0 unspecified atom stereocenters. The minimum absolute atomic E-state index is 0.103. The number of ketones is 2. The molecule has 0 saturated heterocycles. The Balaban J connectivity index is 1.31. The molecule has 56 heavy (non-hydrogen) atoms. The van der Waals surface area contributed by atoms with Crippen LogP contribution in [-0.4, -0.2) is 11.6 Å². The van der Waals surface area contributed by atoms with E-state index in [-0.39, 0.29) is 11.6 Å². The lowest BCUT2D eigenvalue weighted by atomic mass is 10.0. The number of carbonyl (C=O) groups is 2. The summed E-state index contributed by atoms with van der Waals surface area (Å²) in [5.74, 6) is 24.6. The van der Waals surface area contributed by atoms with Gasteiger partial charge in [0, 0.05) is 48.0 Å². The minimum atomic E-state index is -0.103. The molecule has 0 radical (unpaired) electrons. The van der Waals surface area contributed by atoms with Crippen LogP contribution in [0.15, 0.2) is 239 Å². The Labute approximate surface area is 332 Å². The second kappa shape index (κ2) is 23.1. The van der Waals surface area contributed by atoms with Crippen molar-refractivity contribution in [2.75, 3.05) is 0 Å². The molecule has 0 aromatic carbocycles. The third-order valence-electron chi connectivity index (χ3n) is 8.20. The van der Waals surface area contributed by atoms with Crippen molar-refractivity contribution in [1.29, 1.82) is 0 Å². The Hall–Kier alpha value is -7.62. The molecule has 5 aliphatic rings. The van der Waals surface area contributed by atoms with Crippen LogP contribution in [0, 0.1) is 47.4 Å². The molecule has 0 heterocycles. The zero-order chi connectivity index (χ0) is 38.9. The van der Waals surface area contributed by atoms with Crippen molar-refractivity contribution in [3.05, 3.63) is 239 Å². The molecule has 0 atom stereocenters. The monoisotopic (exact) mass is 720 g/mol. The van der Waals surface area contributed by atoms with E-state index in [1.807, 2.05) is 146 Å². The minimum Gasteiger partial charge on any atom is -0.290 e. The lowest BCUT2D eigenvalue weighted by molar-refractivity contribution is -0.111. The maximum absolute atomic E-state index is 12.5. The fourth-order valence-corrected chi connectivity index (χ4v) is 5.43. The molecular formula is C54H40O2. The van der Waals surface area contributed by atoms with Gasteiger partial charge >= 0.3 is 0 Å². The summed E-state index contributed by atoms with van der Waals surface area (Å²) >= 11 is 0. The van der Waals surface area contributed by atoms with Crippen LogP contribution in [0.2, 0.25) is 0 Å². The normalized spacial score (nSPS) is 23.1. The van der Waals surface area contributed by atoms with E-state index in [1.54, 1.807) is 48.6 Å². The highest BCUT2D eigenvalue weighted by atomic mass is 16.1. The SMILES string of the molecule is O=C1/C=C/C=C/C2=CC=CC=C(C#CC#CC3=CC=CC=C(/C=C/C=C/C(=O)/C=C/C=C/C4=CC=CC=C(C#CC#CC5=CC=CC=C(/C=C/C=C/1)C5)C4)C3)C2. The van der Waals surface area contributed by atoms with Crippen molar-refractivity contribution in [3.63, 3.8) is 0 Å². The molecule has 0 saturated carbocycles. The fraction of sp³-hybridized carbons (Fsp3) is 0.0741. The van der Waals surface area contributed by atoms with Gasteiger partial charge in [0.25, 0.3) is 0 Å². The average molecular weight is 721 g/mol. The van der Waals surface area contributed by atoms with E-state index in [4.69, 9.17) is 0 Å². The van der Waals surface area contributed by atoms with Crippen molar-refractivity contribution in [2.24, 2.45) is 0 Å². The van der Waals surface area contributed by atoms with Crippen LogP contribution >= 0.6 is 0 Å². The summed E-state index contributed by atoms with van der Waals surface area (Å²) in [5.41, 5.74) is 8.08. The largest absolute Gasteiger partial charge is 0.290 e. The van der Waals surface area contributed by atoms with Crippen molar-refractivity contribution in [1.82, 2.24) is 0 Å². The van der Waals surface area contributed by atoms with E-state index in [1.165, 1.54) is 0 Å². The summed E-state index contributed by atoms with van der Waals surface area (Å²) in [5, 5.41) is 0. The molecule has 268 valence electrons. The molecule has 5 rings (SSSR count). The predicted octanol–water partition coefficient (Wildman–Crippen LogP) is 10.9. The quantitative estimate of drug-likeness (QED) is 0.234. The van der Waals surface area contributed by atoms with E-state index in [2.05, 4.69) is 47.4 Å². The van der Waals surface area contributed by atoms with Crippen molar-refractivity contribution in [3.8, 4) is 47.4 Å². The van der Waals surface area contributed by atoms with E-state index in [0.717, 1.165) is 44.6 Å². The Bertz CT molecular complexity index is 2130. The molecule has 0 aromatic rings.